The summed E-state index contributed by atoms with van der Waals surface area (Å²) < 4.78 is 12.0. The van der Waals surface area contributed by atoms with Crippen molar-refractivity contribution in [2.45, 2.75) is 103 Å². The molecule has 1 heterocycles. The van der Waals surface area contributed by atoms with Gasteiger partial charge in [-0.05, 0) is 47.6 Å². The zero-order valence-electron chi connectivity index (χ0n) is 17.0. The fourth-order valence-electron chi connectivity index (χ4n) is 5.29. The van der Waals surface area contributed by atoms with Crippen LogP contribution in [0.3, 0.4) is 0 Å². The molecule has 5 heteroatoms. The molecule has 1 aliphatic heterocycles. The van der Waals surface area contributed by atoms with E-state index in [1.54, 1.807) is 0 Å². The molecule has 0 radical (unpaired) electrons. The van der Waals surface area contributed by atoms with E-state index in [9.17, 15) is 9.59 Å². The Labute approximate surface area is 152 Å². The summed E-state index contributed by atoms with van der Waals surface area (Å²) >= 11 is 0. The van der Waals surface area contributed by atoms with E-state index in [0.717, 1.165) is 25.7 Å². The second-order valence-electron chi connectivity index (χ2n) is 8.95. The SMILES string of the molecule is CC(=O)OC1CC(C)(C)N(C)C(C)(C)C1(OC(C)=O)C1CCCCC1. The van der Waals surface area contributed by atoms with Gasteiger partial charge in [0.1, 0.15) is 6.10 Å². The Kier molecular flexibility index (Phi) is 5.58. The summed E-state index contributed by atoms with van der Waals surface area (Å²) in [6.07, 6.45) is 5.69. The van der Waals surface area contributed by atoms with E-state index in [-0.39, 0.29) is 23.4 Å². The summed E-state index contributed by atoms with van der Waals surface area (Å²) in [5.41, 5.74) is -1.44. The van der Waals surface area contributed by atoms with Crippen LogP contribution in [0.25, 0.3) is 0 Å². The smallest absolute Gasteiger partial charge is 0.303 e. The number of hydrogen-bond acceptors (Lipinski definition) is 5. The first kappa shape index (κ1) is 20.2. The molecular weight excluding hydrogens is 318 g/mol. The van der Waals surface area contributed by atoms with Crippen molar-refractivity contribution in [3.05, 3.63) is 0 Å². The van der Waals surface area contributed by atoms with E-state index in [0.29, 0.717) is 6.42 Å². The second-order valence-corrected chi connectivity index (χ2v) is 8.95. The van der Waals surface area contributed by atoms with E-state index in [1.807, 2.05) is 0 Å². The zero-order valence-corrected chi connectivity index (χ0v) is 17.0. The van der Waals surface area contributed by atoms with Crippen LogP contribution < -0.4 is 0 Å². The summed E-state index contributed by atoms with van der Waals surface area (Å²) in [7, 11) is 2.09. The first-order valence-electron chi connectivity index (χ1n) is 9.56. The average molecular weight is 354 g/mol. The standard InChI is InChI=1S/C20H35NO4/c1-14(22)24-17-13-18(3,4)21(7)19(5,6)20(17,25-15(2)23)16-11-9-8-10-12-16/h16-17H,8-13H2,1-7H3. The third kappa shape index (κ3) is 3.44. The molecule has 2 rings (SSSR count). The van der Waals surface area contributed by atoms with E-state index < -0.39 is 17.2 Å². The quantitative estimate of drug-likeness (QED) is 0.724. The highest BCUT2D eigenvalue weighted by atomic mass is 16.6. The highest BCUT2D eigenvalue weighted by molar-refractivity contribution is 5.68. The number of likely N-dealkylation sites (N-methyl/N-ethyl adjacent to an activating group) is 1. The third-order valence-corrected chi connectivity index (χ3v) is 6.70. The maximum atomic E-state index is 12.2. The van der Waals surface area contributed by atoms with Crippen molar-refractivity contribution in [1.29, 1.82) is 0 Å². The Bertz CT molecular complexity index is 522. The monoisotopic (exact) mass is 353 g/mol. The molecule has 2 unspecified atom stereocenters. The first-order valence-corrected chi connectivity index (χ1v) is 9.56. The third-order valence-electron chi connectivity index (χ3n) is 6.70. The predicted octanol–water partition coefficient (Wildman–Crippen LogP) is 3.69. The van der Waals surface area contributed by atoms with Crippen LogP contribution in [-0.2, 0) is 19.1 Å². The van der Waals surface area contributed by atoms with Crippen molar-refractivity contribution >= 4 is 11.9 Å². The molecule has 144 valence electrons. The molecule has 2 fully saturated rings. The van der Waals surface area contributed by atoms with E-state index in [2.05, 4.69) is 39.6 Å². The molecule has 5 nitrogen and oxygen atoms in total. The number of rotatable bonds is 3. The fraction of sp³-hybridized carbons (Fsp3) is 0.900. The van der Waals surface area contributed by atoms with Gasteiger partial charge in [0.05, 0.1) is 5.54 Å². The van der Waals surface area contributed by atoms with Gasteiger partial charge in [-0.3, -0.25) is 14.5 Å². The normalized spacial score (nSPS) is 32.8. The summed E-state index contributed by atoms with van der Waals surface area (Å²) in [5.74, 6) is -0.416. The number of carbonyl (C=O) groups excluding carboxylic acids is 2. The molecule has 1 saturated carbocycles. The number of carbonyl (C=O) groups is 2. The summed E-state index contributed by atoms with van der Waals surface area (Å²) in [5, 5.41) is 0. The van der Waals surface area contributed by atoms with Crippen molar-refractivity contribution in [3.63, 3.8) is 0 Å². The molecule has 1 aliphatic carbocycles. The van der Waals surface area contributed by atoms with Crippen LogP contribution in [0.15, 0.2) is 0 Å². The Morgan fingerprint density at radius 1 is 0.960 bits per heavy atom. The number of hydrogen-bond donors (Lipinski definition) is 0. The molecule has 1 saturated heterocycles. The van der Waals surface area contributed by atoms with Crippen molar-refractivity contribution in [2.24, 2.45) is 5.92 Å². The summed E-state index contributed by atoms with van der Waals surface area (Å²) in [4.78, 5) is 26.4. The molecule has 0 aromatic heterocycles. The number of piperidine rings is 1. The van der Waals surface area contributed by atoms with Crippen LogP contribution in [-0.4, -0.2) is 46.7 Å². The molecule has 0 aromatic carbocycles. The maximum absolute atomic E-state index is 12.2. The van der Waals surface area contributed by atoms with Gasteiger partial charge in [0.2, 0.25) is 0 Å². The van der Waals surface area contributed by atoms with E-state index in [4.69, 9.17) is 9.47 Å². The lowest BCUT2D eigenvalue weighted by molar-refractivity contribution is -0.264. The molecular formula is C20H35NO4. The van der Waals surface area contributed by atoms with Crippen LogP contribution in [0.1, 0.15) is 80.1 Å². The van der Waals surface area contributed by atoms with E-state index >= 15 is 0 Å². The Morgan fingerprint density at radius 2 is 1.52 bits per heavy atom. The molecule has 0 spiro atoms. The van der Waals surface area contributed by atoms with Gasteiger partial charge >= 0.3 is 11.9 Å². The first-order chi connectivity index (χ1) is 11.4. The Hall–Kier alpha value is -1.10. The lowest BCUT2D eigenvalue weighted by Crippen LogP contribution is -2.78. The number of esters is 2. The topological polar surface area (TPSA) is 55.8 Å². The molecule has 25 heavy (non-hydrogen) atoms. The summed E-state index contributed by atoms with van der Waals surface area (Å²) in [6.45, 7) is 11.5. The lowest BCUT2D eigenvalue weighted by atomic mass is 9.59. The predicted molar refractivity (Wildman–Crippen MR) is 97.2 cm³/mol. The van der Waals surface area contributed by atoms with Gasteiger partial charge in [-0.15, -0.1) is 0 Å². The van der Waals surface area contributed by atoms with Crippen LogP contribution in [0.5, 0.6) is 0 Å². The minimum atomic E-state index is -0.824. The van der Waals surface area contributed by atoms with Crippen molar-refractivity contribution < 1.29 is 19.1 Å². The van der Waals surface area contributed by atoms with Crippen LogP contribution in [0.2, 0.25) is 0 Å². The maximum Gasteiger partial charge on any atom is 0.303 e. The van der Waals surface area contributed by atoms with Gasteiger partial charge in [0.25, 0.3) is 0 Å². The summed E-state index contributed by atoms with van der Waals surface area (Å²) in [6, 6.07) is 0. The van der Waals surface area contributed by atoms with Gasteiger partial charge in [0.15, 0.2) is 5.60 Å². The number of likely N-dealkylation sites (tertiary alicyclic amines) is 1. The highest BCUT2D eigenvalue weighted by Crippen LogP contribution is 2.53. The molecule has 0 bridgehead atoms. The fourth-order valence-corrected chi connectivity index (χ4v) is 5.29. The lowest BCUT2D eigenvalue weighted by Gasteiger charge is -2.64. The largest absolute Gasteiger partial charge is 0.458 e. The molecule has 0 N–H and O–H groups in total. The molecule has 2 aliphatic rings. The zero-order chi connectivity index (χ0) is 19.0. The van der Waals surface area contributed by atoms with Crippen LogP contribution >= 0.6 is 0 Å². The second kappa shape index (κ2) is 6.90. The van der Waals surface area contributed by atoms with Crippen LogP contribution in [0, 0.1) is 5.92 Å². The van der Waals surface area contributed by atoms with Crippen molar-refractivity contribution in [1.82, 2.24) is 4.90 Å². The van der Waals surface area contributed by atoms with Gasteiger partial charge in [-0.25, -0.2) is 0 Å². The average Bonchev–Trinajstić information content (AvgIpc) is 2.49. The van der Waals surface area contributed by atoms with Crippen molar-refractivity contribution in [2.75, 3.05) is 7.05 Å². The Balaban J connectivity index is 2.61. The van der Waals surface area contributed by atoms with Gasteiger partial charge in [0, 0.05) is 31.7 Å². The Morgan fingerprint density at radius 3 is 2.00 bits per heavy atom. The number of nitrogens with zero attached hydrogens (tertiary/aromatic N) is 1. The molecule has 0 amide bonds. The minimum absolute atomic E-state index is 0.165. The van der Waals surface area contributed by atoms with Crippen LogP contribution in [0.4, 0.5) is 0 Å². The van der Waals surface area contributed by atoms with Gasteiger partial charge in [-0.1, -0.05) is 19.3 Å². The molecule has 0 aromatic rings. The number of ether oxygens (including phenoxy) is 2. The molecule has 2 atom stereocenters. The van der Waals surface area contributed by atoms with Crippen molar-refractivity contribution in [3.8, 4) is 0 Å². The van der Waals surface area contributed by atoms with Gasteiger partial charge < -0.3 is 9.47 Å². The highest BCUT2D eigenvalue weighted by Gasteiger charge is 2.66. The van der Waals surface area contributed by atoms with Gasteiger partial charge in [-0.2, -0.15) is 0 Å². The minimum Gasteiger partial charge on any atom is -0.458 e. The van der Waals surface area contributed by atoms with E-state index in [1.165, 1.54) is 20.3 Å².